The predicted octanol–water partition coefficient (Wildman–Crippen LogP) is 3.17. The van der Waals surface area contributed by atoms with Crippen molar-refractivity contribution in [2.75, 3.05) is 13.1 Å². The maximum Gasteiger partial charge on any atom is 0.223 e. The number of halogens is 1. The van der Waals surface area contributed by atoms with E-state index in [1.807, 2.05) is 25.1 Å². The smallest absolute Gasteiger partial charge is 0.223 e. The molecule has 1 aliphatic heterocycles. The van der Waals surface area contributed by atoms with Crippen molar-refractivity contribution in [1.29, 1.82) is 0 Å². The van der Waals surface area contributed by atoms with Gasteiger partial charge in [-0.3, -0.25) is 4.79 Å². The molecule has 3 nitrogen and oxygen atoms in total. The van der Waals surface area contributed by atoms with Crippen molar-refractivity contribution in [2.45, 2.75) is 33.7 Å². The standard InChI is InChI=1S/C17H26N2O.ClH/c1-12(14-10-18-11-14)16(20)19-15(17(2,3)4)13-8-6-5-7-9-13;/h5-9,12,14-15,18H,10-11H2,1-4H3,(H,19,20);1H. The van der Waals surface area contributed by atoms with Crippen LogP contribution in [-0.4, -0.2) is 19.0 Å². The number of carbonyl (C=O) groups is 1. The van der Waals surface area contributed by atoms with Crippen LogP contribution in [0.25, 0.3) is 0 Å². The van der Waals surface area contributed by atoms with E-state index in [2.05, 4.69) is 43.5 Å². The third kappa shape index (κ3) is 4.45. The van der Waals surface area contributed by atoms with Gasteiger partial charge in [-0.15, -0.1) is 12.4 Å². The molecule has 0 radical (unpaired) electrons. The van der Waals surface area contributed by atoms with Gasteiger partial charge in [0.25, 0.3) is 0 Å². The molecule has 1 heterocycles. The van der Waals surface area contributed by atoms with Crippen molar-refractivity contribution in [1.82, 2.24) is 10.6 Å². The zero-order valence-electron chi connectivity index (χ0n) is 13.3. The largest absolute Gasteiger partial charge is 0.349 e. The second-order valence-corrected chi connectivity index (χ2v) is 6.93. The fraction of sp³-hybridized carbons (Fsp3) is 0.588. The Morgan fingerprint density at radius 2 is 1.81 bits per heavy atom. The Hall–Kier alpha value is -1.06. The van der Waals surface area contributed by atoms with Crippen molar-refractivity contribution < 1.29 is 4.79 Å². The van der Waals surface area contributed by atoms with Gasteiger partial charge >= 0.3 is 0 Å². The molecule has 2 rings (SSSR count). The summed E-state index contributed by atoms with van der Waals surface area (Å²) >= 11 is 0. The number of amides is 1. The lowest BCUT2D eigenvalue weighted by Crippen LogP contribution is -2.50. The number of nitrogens with one attached hydrogen (secondary N) is 2. The molecule has 21 heavy (non-hydrogen) atoms. The molecule has 2 unspecified atom stereocenters. The van der Waals surface area contributed by atoms with Crippen LogP contribution in [0.1, 0.15) is 39.3 Å². The van der Waals surface area contributed by atoms with Crippen LogP contribution in [0.4, 0.5) is 0 Å². The highest BCUT2D eigenvalue weighted by Crippen LogP contribution is 2.33. The second kappa shape index (κ2) is 7.28. The highest BCUT2D eigenvalue weighted by molar-refractivity contribution is 5.85. The summed E-state index contributed by atoms with van der Waals surface area (Å²) < 4.78 is 0. The Morgan fingerprint density at radius 3 is 2.24 bits per heavy atom. The van der Waals surface area contributed by atoms with Crippen LogP contribution in [-0.2, 0) is 4.79 Å². The summed E-state index contributed by atoms with van der Waals surface area (Å²) in [5.41, 5.74) is 1.17. The minimum atomic E-state index is -0.00536. The van der Waals surface area contributed by atoms with Crippen molar-refractivity contribution in [3.05, 3.63) is 35.9 Å². The van der Waals surface area contributed by atoms with Crippen molar-refractivity contribution >= 4 is 18.3 Å². The Bertz CT molecular complexity index is 452. The van der Waals surface area contributed by atoms with Crippen LogP contribution in [0.3, 0.4) is 0 Å². The van der Waals surface area contributed by atoms with Crippen LogP contribution >= 0.6 is 12.4 Å². The summed E-state index contributed by atoms with van der Waals surface area (Å²) in [7, 11) is 0. The number of benzene rings is 1. The van der Waals surface area contributed by atoms with Crippen LogP contribution < -0.4 is 10.6 Å². The van der Waals surface area contributed by atoms with E-state index < -0.39 is 0 Å². The van der Waals surface area contributed by atoms with Crippen LogP contribution in [0.15, 0.2) is 30.3 Å². The van der Waals surface area contributed by atoms with Gasteiger partial charge in [-0.25, -0.2) is 0 Å². The Labute approximate surface area is 134 Å². The fourth-order valence-electron chi connectivity index (χ4n) is 2.60. The summed E-state index contributed by atoms with van der Waals surface area (Å²) in [5.74, 6) is 0.719. The first-order valence-electron chi connectivity index (χ1n) is 7.45. The molecule has 1 fully saturated rings. The van der Waals surface area contributed by atoms with Gasteiger partial charge in [-0.05, 0) is 30.0 Å². The normalized spacial score (nSPS) is 18.1. The van der Waals surface area contributed by atoms with E-state index in [0.29, 0.717) is 5.92 Å². The summed E-state index contributed by atoms with van der Waals surface area (Å²) in [6, 6.07) is 10.3. The average molecular weight is 311 g/mol. The fourth-order valence-corrected chi connectivity index (χ4v) is 2.60. The molecule has 1 aromatic carbocycles. The minimum Gasteiger partial charge on any atom is -0.349 e. The quantitative estimate of drug-likeness (QED) is 0.897. The zero-order valence-corrected chi connectivity index (χ0v) is 14.2. The molecule has 1 aromatic rings. The van der Waals surface area contributed by atoms with Gasteiger partial charge in [0.15, 0.2) is 0 Å². The molecule has 1 aliphatic rings. The van der Waals surface area contributed by atoms with Gasteiger partial charge in [-0.1, -0.05) is 58.0 Å². The molecule has 0 spiro atoms. The van der Waals surface area contributed by atoms with Crippen molar-refractivity contribution in [3.63, 3.8) is 0 Å². The first-order valence-corrected chi connectivity index (χ1v) is 7.45. The number of rotatable bonds is 4. The summed E-state index contributed by atoms with van der Waals surface area (Å²) in [4.78, 5) is 12.5. The zero-order chi connectivity index (χ0) is 14.8. The van der Waals surface area contributed by atoms with E-state index in [4.69, 9.17) is 0 Å². The number of hydrogen-bond donors (Lipinski definition) is 2. The first-order chi connectivity index (χ1) is 9.39. The molecule has 0 bridgehead atoms. The monoisotopic (exact) mass is 310 g/mol. The van der Waals surface area contributed by atoms with Gasteiger partial charge in [0, 0.05) is 5.92 Å². The van der Waals surface area contributed by atoms with Gasteiger partial charge in [0.1, 0.15) is 0 Å². The Kier molecular flexibility index (Phi) is 6.24. The molecule has 1 saturated heterocycles. The number of hydrogen-bond acceptors (Lipinski definition) is 2. The minimum absolute atomic E-state index is 0. The molecule has 1 amide bonds. The van der Waals surface area contributed by atoms with E-state index >= 15 is 0 Å². The van der Waals surface area contributed by atoms with Gasteiger partial charge in [-0.2, -0.15) is 0 Å². The molecular formula is C17H27ClN2O. The van der Waals surface area contributed by atoms with Gasteiger partial charge in [0.2, 0.25) is 5.91 Å². The average Bonchev–Trinajstić information content (AvgIpc) is 2.33. The molecule has 0 aliphatic carbocycles. The van der Waals surface area contributed by atoms with Crippen molar-refractivity contribution in [3.8, 4) is 0 Å². The van der Waals surface area contributed by atoms with E-state index in [1.54, 1.807) is 0 Å². The lowest BCUT2D eigenvalue weighted by atomic mass is 9.81. The molecule has 2 atom stereocenters. The topological polar surface area (TPSA) is 41.1 Å². The molecule has 4 heteroatoms. The molecular weight excluding hydrogens is 284 g/mol. The van der Waals surface area contributed by atoms with Crippen LogP contribution in [0.5, 0.6) is 0 Å². The van der Waals surface area contributed by atoms with Crippen molar-refractivity contribution in [2.24, 2.45) is 17.3 Å². The van der Waals surface area contributed by atoms with E-state index in [0.717, 1.165) is 13.1 Å². The Morgan fingerprint density at radius 1 is 1.24 bits per heavy atom. The lowest BCUT2D eigenvalue weighted by molar-refractivity contribution is -0.128. The first kappa shape index (κ1) is 18.0. The number of carbonyl (C=O) groups excluding carboxylic acids is 1. The molecule has 118 valence electrons. The highest BCUT2D eigenvalue weighted by atomic mass is 35.5. The van der Waals surface area contributed by atoms with E-state index in [1.165, 1.54) is 5.56 Å². The maximum absolute atomic E-state index is 12.5. The van der Waals surface area contributed by atoms with Crippen LogP contribution in [0.2, 0.25) is 0 Å². The van der Waals surface area contributed by atoms with Gasteiger partial charge in [0.05, 0.1) is 6.04 Å². The molecule has 0 saturated carbocycles. The maximum atomic E-state index is 12.5. The summed E-state index contributed by atoms with van der Waals surface area (Å²) in [5, 5.41) is 6.49. The van der Waals surface area contributed by atoms with E-state index in [-0.39, 0.29) is 35.7 Å². The molecule has 0 aromatic heterocycles. The van der Waals surface area contributed by atoms with Gasteiger partial charge < -0.3 is 10.6 Å². The summed E-state index contributed by atoms with van der Waals surface area (Å²) in [6.45, 7) is 10.5. The van der Waals surface area contributed by atoms with E-state index in [9.17, 15) is 4.79 Å². The third-order valence-corrected chi connectivity index (χ3v) is 4.22. The highest BCUT2D eigenvalue weighted by Gasteiger charge is 2.33. The summed E-state index contributed by atoms with van der Waals surface area (Å²) in [6.07, 6.45) is 0. The molecule has 2 N–H and O–H groups in total. The Balaban J connectivity index is 0.00000220. The second-order valence-electron chi connectivity index (χ2n) is 6.93. The lowest BCUT2D eigenvalue weighted by Gasteiger charge is -2.36. The SMILES string of the molecule is CC(C(=O)NC(c1ccccc1)C(C)(C)C)C1CNC1.Cl. The third-order valence-electron chi connectivity index (χ3n) is 4.22. The van der Waals surface area contributed by atoms with Crippen LogP contribution in [0, 0.1) is 17.3 Å². The predicted molar refractivity (Wildman–Crippen MR) is 89.6 cm³/mol.